The second kappa shape index (κ2) is 11.6. The minimum absolute atomic E-state index is 0.0481. The summed E-state index contributed by atoms with van der Waals surface area (Å²) >= 11 is 1.27. The van der Waals surface area contributed by atoms with Gasteiger partial charge in [0.2, 0.25) is 16.9 Å². The maximum atomic E-state index is 13.1. The maximum Gasteiger partial charge on any atom is 0.249 e. The number of carbonyl (C=O) groups excluding carboxylic acids is 2. The summed E-state index contributed by atoms with van der Waals surface area (Å²) in [6.07, 6.45) is 1.39. The first kappa shape index (κ1) is 24.4. The Balaban J connectivity index is 1.73. The molecule has 3 rings (SSSR count). The summed E-state index contributed by atoms with van der Waals surface area (Å²) in [6.45, 7) is 5.92. The van der Waals surface area contributed by atoms with Crippen LogP contribution >= 0.6 is 11.3 Å². The predicted molar refractivity (Wildman–Crippen MR) is 131 cm³/mol. The van der Waals surface area contributed by atoms with Crippen LogP contribution < -0.4 is 15.4 Å². The number of amides is 2. The van der Waals surface area contributed by atoms with Gasteiger partial charge in [0.25, 0.3) is 0 Å². The van der Waals surface area contributed by atoms with E-state index in [1.54, 1.807) is 7.11 Å². The minimum atomic E-state index is -0.676. The first-order valence-corrected chi connectivity index (χ1v) is 11.9. The lowest BCUT2D eigenvalue weighted by Crippen LogP contribution is -2.49. The quantitative estimate of drug-likeness (QED) is 0.444. The third kappa shape index (κ3) is 6.16. The highest BCUT2D eigenvalue weighted by Gasteiger charge is 2.29. The van der Waals surface area contributed by atoms with Crippen LogP contribution in [-0.4, -0.2) is 35.2 Å². The van der Waals surface area contributed by atoms with Crippen molar-refractivity contribution in [2.24, 2.45) is 5.92 Å². The molecule has 0 fully saturated rings. The molecule has 0 aliphatic rings. The Labute approximate surface area is 198 Å². The van der Waals surface area contributed by atoms with E-state index >= 15 is 0 Å². The fraction of sp³-hybridized carbons (Fsp3) is 0.360. The van der Waals surface area contributed by atoms with E-state index in [1.807, 2.05) is 75.4 Å². The summed E-state index contributed by atoms with van der Waals surface area (Å²) in [5.74, 6) is -0.0936. The van der Waals surface area contributed by atoms with Gasteiger partial charge in [-0.15, -0.1) is 10.2 Å². The van der Waals surface area contributed by atoms with Gasteiger partial charge in [0.05, 0.1) is 13.0 Å². The number of ether oxygens (including phenoxy) is 1. The molecule has 174 valence electrons. The molecule has 1 heterocycles. The summed E-state index contributed by atoms with van der Waals surface area (Å²) in [4.78, 5) is 26.2. The van der Waals surface area contributed by atoms with E-state index in [9.17, 15) is 9.59 Å². The number of hydrogen-bond donors (Lipinski definition) is 2. The van der Waals surface area contributed by atoms with Crippen LogP contribution in [-0.2, 0) is 9.59 Å². The molecule has 7 nitrogen and oxygen atoms in total. The van der Waals surface area contributed by atoms with Gasteiger partial charge in [-0.2, -0.15) is 0 Å². The number of carbonyl (C=O) groups is 2. The Hall–Kier alpha value is -3.26. The molecule has 0 saturated heterocycles. The molecule has 2 aromatic carbocycles. The summed E-state index contributed by atoms with van der Waals surface area (Å²) < 4.78 is 5.26. The lowest BCUT2D eigenvalue weighted by Gasteiger charge is -2.25. The monoisotopic (exact) mass is 466 g/mol. The minimum Gasteiger partial charge on any atom is -0.497 e. The molecule has 3 atom stereocenters. The molecule has 1 aromatic heterocycles. The second-order valence-corrected chi connectivity index (χ2v) is 8.85. The highest BCUT2D eigenvalue weighted by molar-refractivity contribution is 7.18. The number of methoxy groups -OCH3 is 1. The Morgan fingerprint density at radius 2 is 1.76 bits per heavy atom. The van der Waals surface area contributed by atoms with Crippen molar-refractivity contribution in [3.63, 3.8) is 0 Å². The van der Waals surface area contributed by atoms with Gasteiger partial charge in [-0.05, 0) is 30.0 Å². The van der Waals surface area contributed by atoms with Crippen molar-refractivity contribution in [3.8, 4) is 16.3 Å². The van der Waals surface area contributed by atoms with Crippen molar-refractivity contribution < 1.29 is 14.3 Å². The van der Waals surface area contributed by atoms with Crippen LogP contribution in [0.4, 0.5) is 5.13 Å². The van der Waals surface area contributed by atoms with Crippen molar-refractivity contribution in [1.82, 2.24) is 15.5 Å². The van der Waals surface area contributed by atoms with Gasteiger partial charge in [-0.1, -0.05) is 81.0 Å². The number of anilines is 1. The topological polar surface area (TPSA) is 93.2 Å². The fourth-order valence-corrected chi connectivity index (χ4v) is 4.29. The van der Waals surface area contributed by atoms with E-state index in [-0.39, 0.29) is 23.7 Å². The van der Waals surface area contributed by atoms with Gasteiger partial charge >= 0.3 is 0 Å². The molecule has 8 heteroatoms. The van der Waals surface area contributed by atoms with Crippen LogP contribution in [0, 0.1) is 5.92 Å². The van der Waals surface area contributed by atoms with E-state index in [2.05, 4.69) is 20.8 Å². The normalized spacial score (nSPS) is 13.6. The zero-order valence-electron chi connectivity index (χ0n) is 19.4. The number of aromatic nitrogens is 2. The van der Waals surface area contributed by atoms with Crippen molar-refractivity contribution in [1.29, 1.82) is 0 Å². The highest BCUT2D eigenvalue weighted by Crippen LogP contribution is 2.29. The van der Waals surface area contributed by atoms with Crippen molar-refractivity contribution in [2.45, 2.75) is 45.6 Å². The average Bonchev–Trinajstić information content (AvgIpc) is 3.31. The van der Waals surface area contributed by atoms with Crippen LogP contribution in [0.25, 0.3) is 10.6 Å². The Kier molecular flexibility index (Phi) is 8.54. The first-order valence-electron chi connectivity index (χ1n) is 11.1. The molecule has 3 aromatic rings. The van der Waals surface area contributed by atoms with Gasteiger partial charge < -0.3 is 10.1 Å². The van der Waals surface area contributed by atoms with Gasteiger partial charge in [0.1, 0.15) is 16.8 Å². The summed E-state index contributed by atoms with van der Waals surface area (Å²) in [5.41, 5.74) is 1.79. The molecular weight excluding hydrogens is 436 g/mol. The lowest BCUT2D eigenvalue weighted by atomic mass is 9.93. The van der Waals surface area contributed by atoms with Crippen LogP contribution in [0.15, 0.2) is 54.6 Å². The SMILES string of the molecule is CC[C@H](C(=O)N[C@@H](C(=O)Nc1nnc(-c2cccc(OC)c2)s1)[C@@H](C)CC)c1ccccc1. The van der Waals surface area contributed by atoms with E-state index in [1.165, 1.54) is 11.3 Å². The molecule has 33 heavy (non-hydrogen) atoms. The number of hydrogen-bond acceptors (Lipinski definition) is 6. The molecule has 0 radical (unpaired) electrons. The lowest BCUT2D eigenvalue weighted by molar-refractivity contribution is -0.128. The van der Waals surface area contributed by atoms with Crippen LogP contribution in [0.5, 0.6) is 5.75 Å². The van der Waals surface area contributed by atoms with E-state index in [4.69, 9.17) is 4.74 Å². The Morgan fingerprint density at radius 1 is 1.00 bits per heavy atom. The fourth-order valence-electron chi connectivity index (χ4n) is 3.54. The van der Waals surface area contributed by atoms with Gasteiger partial charge in [0, 0.05) is 5.56 Å². The summed E-state index contributed by atoms with van der Waals surface area (Å²) in [5, 5.41) is 15.2. The first-order chi connectivity index (χ1) is 16.0. The van der Waals surface area contributed by atoms with E-state index in [0.717, 1.165) is 23.3 Å². The summed E-state index contributed by atoms with van der Waals surface area (Å²) in [7, 11) is 1.61. The molecule has 0 unspecified atom stereocenters. The third-order valence-electron chi connectivity index (χ3n) is 5.69. The zero-order chi connectivity index (χ0) is 23.8. The predicted octanol–water partition coefficient (Wildman–Crippen LogP) is 4.88. The molecule has 2 amide bonds. The number of nitrogens with one attached hydrogen (secondary N) is 2. The maximum absolute atomic E-state index is 13.1. The van der Waals surface area contributed by atoms with Gasteiger partial charge in [-0.3, -0.25) is 14.9 Å². The molecule has 0 bridgehead atoms. The largest absolute Gasteiger partial charge is 0.497 e. The van der Waals surface area contributed by atoms with E-state index < -0.39 is 6.04 Å². The number of rotatable bonds is 10. The molecule has 0 aliphatic carbocycles. The molecule has 2 N–H and O–H groups in total. The van der Waals surface area contributed by atoms with E-state index in [0.29, 0.717) is 16.6 Å². The van der Waals surface area contributed by atoms with Crippen molar-refractivity contribution >= 4 is 28.3 Å². The Morgan fingerprint density at radius 3 is 2.42 bits per heavy atom. The smallest absolute Gasteiger partial charge is 0.249 e. The molecule has 0 spiro atoms. The van der Waals surface area contributed by atoms with Crippen molar-refractivity contribution in [3.05, 3.63) is 60.2 Å². The molecule has 0 saturated carbocycles. The van der Waals surface area contributed by atoms with Gasteiger partial charge in [0.15, 0.2) is 0 Å². The third-order valence-corrected chi connectivity index (χ3v) is 6.58. The zero-order valence-corrected chi connectivity index (χ0v) is 20.2. The van der Waals surface area contributed by atoms with Crippen molar-refractivity contribution in [2.75, 3.05) is 12.4 Å². The molecule has 0 aliphatic heterocycles. The standard InChI is InChI=1S/C25H30N4O3S/c1-5-16(3)21(26-22(30)20(6-2)17-11-8-7-9-12-17)23(31)27-25-29-28-24(33-25)18-13-10-14-19(15-18)32-4/h7-16,20-21H,5-6H2,1-4H3,(H,26,30)(H,27,29,31)/t16-,20-,21+/m0/s1. The Bertz CT molecular complexity index is 1070. The highest BCUT2D eigenvalue weighted by atomic mass is 32.1. The van der Waals surface area contributed by atoms with Gasteiger partial charge in [-0.25, -0.2) is 0 Å². The number of nitrogens with zero attached hydrogens (tertiary/aromatic N) is 2. The van der Waals surface area contributed by atoms with Crippen LogP contribution in [0.3, 0.4) is 0 Å². The van der Waals surface area contributed by atoms with Crippen LogP contribution in [0.2, 0.25) is 0 Å². The average molecular weight is 467 g/mol. The van der Waals surface area contributed by atoms with Crippen LogP contribution in [0.1, 0.15) is 45.1 Å². The summed E-state index contributed by atoms with van der Waals surface area (Å²) in [6, 6.07) is 16.5. The molecular formula is C25H30N4O3S. The second-order valence-electron chi connectivity index (χ2n) is 7.88. The number of benzene rings is 2.